The van der Waals surface area contributed by atoms with Gasteiger partial charge in [-0.2, -0.15) is 5.26 Å². The zero-order valence-electron chi connectivity index (χ0n) is 24.2. The first-order valence-corrected chi connectivity index (χ1v) is 13.9. The number of carbonyl (C=O) groups is 4. The van der Waals surface area contributed by atoms with Gasteiger partial charge in [0, 0.05) is 45.3 Å². The van der Waals surface area contributed by atoms with Crippen LogP contribution in [-0.4, -0.2) is 107 Å². The number of benzene rings is 1. The molecule has 216 valence electrons. The lowest BCUT2D eigenvalue weighted by atomic mass is 10.0. The zero-order valence-corrected chi connectivity index (χ0v) is 24.2. The number of nitriles is 1. The van der Waals surface area contributed by atoms with Crippen LogP contribution >= 0.6 is 0 Å². The molecule has 4 rings (SSSR count). The van der Waals surface area contributed by atoms with Crippen LogP contribution < -0.4 is 5.32 Å². The summed E-state index contributed by atoms with van der Waals surface area (Å²) < 4.78 is 5.41. The summed E-state index contributed by atoms with van der Waals surface area (Å²) in [4.78, 5) is 58.9. The quantitative estimate of drug-likeness (QED) is 0.549. The third-order valence-electron chi connectivity index (χ3n) is 7.87. The molecule has 3 heterocycles. The van der Waals surface area contributed by atoms with E-state index in [9.17, 15) is 24.4 Å². The molecule has 1 N–H and O–H groups in total. The molecule has 1 aromatic carbocycles. The average molecular weight is 553 g/mol. The summed E-state index contributed by atoms with van der Waals surface area (Å²) in [5.41, 5.74) is 0.794. The molecule has 1 aromatic rings. The van der Waals surface area contributed by atoms with Crippen molar-refractivity contribution in [1.82, 2.24) is 24.9 Å². The Kier molecular flexibility index (Phi) is 8.40. The highest BCUT2D eigenvalue weighted by atomic mass is 16.6. The number of rotatable bonds is 7. The second-order valence-electron chi connectivity index (χ2n) is 12.1. The summed E-state index contributed by atoms with van der Waals surface area (Å²) in [6, 6.07) is 7.45. The van der Waals surface area contributed by atoms with Crippen molar-refractivity contribution in [2.45, 2.75) is 82.8 Å². The van der Waals surface area contributed by atoms with Gasteiger partial charge in [-0.05, 0) is 64.7 Å². The van der Waals surface area contributed by atoms with Crippen LogP contribution in [0.3, 0.4) is 0 Å². The predicted octanol–water partition coefficient (Wildman–Crippen LogP) is 2.14. The molecule has 0 radical (unpaired) electrons. The van der Waals surface area contributed by atoms with Gasteiger partial charge >= 0.3 is 6.09 Å². The molecule has 0 unspecified atom stereocenters. The van der Waals surface area contributed by atoms with Crippen LogP contribution in [0.1, 0.15) is 68.9 Å². The molecule has 3 aliphatic heterocycles. The first kappa shape index (κ1) is 29.3. The van der Waals surface area contributed by atoms with Crippen LogP contribution in [0.15, 0.2) is 24.3 Å². The second kappa shape index (κ2) is 11.5. The molecule has 5 atom stereocenters. The Labute approximate surface area is 236 Å². The number of amides is 4. The lowest BCUT2D eigenvalue weighted by molar-refractivity contribution is -0.141. The number of hydrogen-bond donors (Lipinski definition) is 1. The molecule has 0 aromatic heterocycles. The maximum absolute atomic E-state index is 13.5. The standard InChI is InChI=1S/C29H40N6O5/c1-18(19-9-11-20(12-10-19)25(36)32(5)6)35-22-14-24(27(35)38)33(16-22)17-23(31-28(39)40-29(2,3)4)26(37)34-13-7-8-21(34)15-30/h9-12,18,21-24H,7-8,13-14,16-17H2,1-6H3,(H,31,39)/t18-,21+,22-,23+,24-/m1/s1. The van der Waals surface area contributed by atoms with Gasteiger partial charge in [0.05, 0.1) is 18.2 Å². The Morgan fingerprint density at radius 1 is 1.20 bits per heavy atom. The molecule has 0 spiro atoms. The minimum atomic E-state index is -0.941. The Morgan fingerprint density at radius 3 is 2.45 bits per heavy atom. The predicted molar refractivity (Wildman–Crippen MR) is 147 cm³/mol. The molecule has 4 amide bonds. The third kappa shape index (κ3) is 6.07. The summed E-state index contributed by atoms with van der Waals surface area (Å²) in [7, 11) is 3.41. The number of alkyl carbamates (subject to hydrolysis) is 1. The zero-order chi connectivity index (χ0) is 29.4. The highest BCUT2D eigenvalue weighted by Gasteiger charge is 2.52. The van der Waals surface area contributed by atoms with Crippen LogP contribution in [0.25, 0.3) is 0 Å². The van der Waals surface area contributed by atoms with E-state index < -0.39 is 29.8 Å². The van der Waals surface area contributed by atoms with Crippen LogP contribution in [0.2, 0.25) is 0 Å². The normalized spacial score (nSPS) is 24.0. The molecule has 0 aliphatic carbocycles. The third-order valence-corrected chi connectivity index (χ3v) is 7.87. The highest BCUT2D eigenvalue weighted by molar-refractivity contribution is 5.94. The smallest absolute Gasteiger partial charge is 0.408 e. The van der Waals surface area contributed by atoms with Crippen molar-refractivity contribution >= 4 is 23.8 Å². The van der Waals surface area contributed by atoms with E-state index in [0.717, 1.165) is 12.0 Å². The van der Waals surface area contributed by atoms with E-state index >= 15 is 0 Å². The molecular formula is C29H40N6O5. The van der Waals surface area contributed by atoms with E-state index in [0.29, 0.717) is 31.5 Å². The second-order valence-corrected chi connectivity index (χ2v) is 12.1. The van der Waals surface area contributed by atoms with Crippen molar-refractivity contribution < 1.29 is 23.9 Å². The SMILES string of the molecule is C[C@H](c1ccc(C(=O)N(C)C)cc1)N1C(=O)[C@H]2C[C@@H]1CN2C[C@H](NC(=O)OC(C)(C)C)C(=O)N1CCC[C@H]1C#N. The van der Waals surface area contributed by atoms with E-state index in [1.807, 2.05) is 28.9 Å². The lowest BCUT2D eigenvalue weighted by Gasteiger charge is -2.39. The monoisotopic (exact) mass is 552 g/mol. The van der Waals surface area contributed by atoms with Crippen LogP contribution in [0.5, 0.6) is 0 Å². The molecule has 11 nitrogen and oxygen atoms in total. The van der Waals surface area contributed by atoms with E-state index in [1.165, 1.54) is 9.80 Å². The number of ether oxygens (including phenoxy) is 1. The molecule has 11 heteroatoms. The van der Waals surface area contributed by atoms with Gasteiger partial charge in [0.1, 0.15) is 17.7 Å². The van der Waals surface area contributed by atoms with E-state index in [1.54, 1.807) is 47.0 Å². The van der Waals surface area contributed by atoms with E-state index in [2.05, 4.69) is 11.4 Å². The number of hydrogen-bond acceptors (Lipinski definition) is 7. The first-order chi connectivity index (χ1) is 18.8. The topological polar surface area (TPSA) is 126 Å². The van der Waals surface area contributed by atoms with Crippen molar-refractivity contribution in [2.24, 2.45) is 0 Å². The van der Waals surface area contributed by atoms with Gasteiger partial charge < -0.3 is 24.8 Å². The summed E-state index contributed by atoms with van der Waals surface area (Å²) in [5, 5.41) is 12.2. The molecular weight excluding hydrogens is 512 g/mol. The summed E-state index contributed by atoms with van der Waals surface area (Å²) >= 11 is 0. The van der Waals surface area contributed by atoms with Crippen molar-refractivity contribution in [2.75, 3.05) is 33.7 Å². The first-order valence-electron chi connectivity index (χ1n) is 13.9. The maximum Gasteiger partial charge on any atom is 0.408 e. The summed E-state index contributed by atoms with van der Waals surface area (Å²) in [6.07, 6.45) is 1.26. The minimum Gasteiger partial charge on any atom is -0.444 e. The van der Waals surface area contributed by atoms with Crippen molar-refractivity contribution in [3.63, 3.8) is 0 Å². The average Bonchev–Trinajstić information content (AvgIpc) is 3.60. The Morgan fingerprint density at radius 2 is 1.88 bits per heavy atom. The van der Waals surface area contributed by atoms with Gasteiger partial charge in [-0.1, -0.05) is 12.1 Å². The van der Waals surface area contributed by atoms with Gasteiger partial charge in [-0.15, -0.1) is 0 Å². The summed E-state index contributed by atoms with van der Waals surface area (Å²) in [5.74, 6) is -0.426. The van der Waals surface area contributed by atoms with Crippen LogP contribution in [0, 0.1) is 11.3 Å². The van der Waals surface area contributed by atoms with Gasteiger partial charge in [-0.25, -0.2) is 4.79 Å². The number of nitrogens with one attached hydrogen (secondary N) is 1. The fraction of sp³-hybridized carbons (Fsp3) is 0.621. The number of carbonyl (C=O) groups excluding carboxylic acids is 4. The van der Waals surface area contributed by atoms with Crippen molar-refractivity contribution in [3.8, 4) is 6.07 Å². The summed E-state index contributed by atoms with van der Waals surface area (Å²) in [6.45, 7) is 8.41. The molecule has 3 aliphatic rings. The molecule has 3 saturated heterocycles. The minimum absolute atomic E-state index is 0.0169. The van der Waals surface area contributed by atoms with Gasteiger partial charge in [0.15, 0.2) is 0 Å². The molecule has 3 fully saturated rings. The lowest BCUT2D eigenvalue weighted by Crippen LogP contribution is -2.59. The number of fused-ring (bicyclic) bond motifs is 2. The van der Waals surface area contributed by atoms with Crippen molar-refractivity contribution in [3.05, 3.63) is 35.4 Å². The molecule has 0 saturated carbocycles. The van der Waals surface area contributed by atoms with Crippen molar-refractivity contribution in [1.29, 1.82) is 5.26 Å². The van der Waals surface area contributed by atoms with E-state index in [-0.39, 0.29) is 36.3 Å². The van der Waals surface area contributed by atoms with Gasteiger partial charge in [0.2, 0.25) is 11.8 Å². The number of nitrogens with zero attached hydrogens (tertiary/aromatic N) is 5. The van der Waals surface area contributed by atoms with Gasteiger partial charge in [0.25, 0.3) is 5.91 Å². The highest BCUT2D eigenvalue weighted by Crippen LogP contribution is 2.38. The Bertz CT molecular complexity index is 1190. The number of piperazine rings is 1. The maximum atomic E-state index is 13.5. The van der Waals surface area contributed by atoms with Crippen LogP contribution in [0.4, 0.5) is 4.79 Å². The number of likely N-dealkylation sites (tertiary alicyclic amines) is 3. The molecule has 40 heavy (non-hydrogen) atoms. The van der Waals surface area contributed by atoms with Crippen LogP contribution in [-0.2, 0) is 14.3 Å². The Hall–Kier alpha value is -3.65. The largest absolute Gasteiger partial charge is 0.444 e. The Balaban J connectivity index is 1.46. The fourth-order valence-corrected chi connectivity index (χ4v) is 5.96. The van der Waals surface area contributed by atoms with Gasteiger partial charge in [-0.3, -0.25) is 19.3 Å². The fourth-order valence-electron chi connectivity index (χ4n) is 5.96. The molecule has 2 bridgehead atoms. The van der Waals surface area contributed by atoms with E-state index in [4.69, 9.17) is 4.74 Å².